The minimum absolute atomic E-state index is 0.157. The zero-order chi connectivity index (χ0) is 25.7. The third kappa shape index (κ3) is 5.88. The smallest absolute Gasteiger partial charge is 0.408 e. The molecule has 1 unspecified atom stereocenters. The second-order valence-corrected chi connectivity index (χ2v) is 10.0. The number of nitrogens with one attached hydrogen (secondary N) is 1. The summed E-state index contributed by atoms with van der Waals surface area (Å²) in [7, 11) is 1.64. The number of rotatable bonds is 6. The van der Waals surface area contributed by atoms with E-state index in [-0.39, 0.29) is 11.9 Å². The van der Waals surface area contributed by atoms with Crippen molar-refractivity contribution in [1.29, 1.82) is 0 Å². The standard InChI is InChI=1S/C30H34N2O4/c1-30(2,3)36-29(34)31-25(20-21-12-6-5-7-13-21)28(33)32-19-18-22-14-8-9-15-23(22)27(32)24-16-10-11-17-26(24)35-4/h5-17,25,27H,18-20H2,1-4H3,(H,31,34)/t25-,27?/m0/s1. The molecule has 1 aliphatic rings. The van der Waals surface area contributed by atoms with Gasteiger partial charge < -0.3 is 19.7 Å². The molecule has 0 radical (unpaired) electrons. The van der Waals surface area contributed by atoms with Crippen LogP contribution in [0.25, 0.3) is 0 Å². The zero-order valence-electron chi connectivity index (χ0n) is 21.4. The van der Waals surface area contributed by atoms with Gasteiger partial charge in [0.1, 0.15) is 17.4 Å². The third-order valence-electron chi connectivity index (χ3n) is 6.27. The zero-order valence-corrected chi connectivity index (χ0v) is 21.4. The number of ether oxygens (including phenoxy) is 2. The van der Waals surface area contributed by atoms with E-state index in [1.54, 1.807) is 27.9 Å². The number of alkyl carbamates (subject to hydrolysis) is 1. The van der Waals surface area contributed by atoms with Crippen LogP contribution in [0, 0.1) is 0 Å². The Labute approximate surface area is 213 Å². The summed E-state index contributed by atoms with van der Waals surface area (Å²) in [6.07, 6.45) is 0.483. The lowest BCUT2D eigenvalue weighted by molar-refractivity contribution is -0.135. The van der Waals surface area contributed by atoms with Crippen LogP contribution in [-0.4, -0.2) is 42.2 Å². The SMILES string of the molecule is COc1ccccc1C1c2ccccc2CCN1C(=O)[C@H](Cc1ccccc1)NC(=O)OC(C)(C)C. The molecule has 188 valence electrons. The Morgan fingerprint density at radius 2 is 1.58 bits per heavy atom. The summed E-state index contributed by atoms with van der Waals surface area (Å²) in [4.78, 5) is 28.9. The van der Waals surface area contributed by atoms with E-state index >= 15 is 0 Å². The molecule has 0 bridgehead atoms. The van der Waals surface area contributed by atoms with E-state index in [0.29, 0.717) is 13.0 Å². The average Bonchev–Trinajstić information content (AvgIpc) is 2.86. The molecular weight excluding hydrogens is 452 g/mol. The molecule has 1 aliphatic heterocycles. The highest BCUT2D eigenvalue weighted by molar-refractivity contribution is 5.87. The minimum Gasteiger partial charge on any atom is -0.496 e. The van der Waals surface area contributed by atoms with Crippen LogP contribution in [0.1, 0.15) is 49.1 Å². The highest BCUT2D eigenvalue weighted by Crippen LogP contribution is 2.39. The van der Waals surface area contributed by atoms with E-state index in [2.05, 4.69) is 17.4 Å². The van der Waals surface area contributed by atoms with Crippen molar-refractivity contribution in [3.63, 3.8) is 0 Å². The molecule has 3 aromatic carbocycles. The Bertz CT molecular complexity index is 1200. The molecule has 4 rings (SSSR count). The van der Waals surface area contributed by atoms with Gasteiger partial charge in [-0.15, -0.1) is 0 Å². The topological polar surface area (TPSA) is 67.9 Å². The molecule has 36 heavy (non-hydrogen) atoms. The number of hydrogen-bond donors (Lipinski definition) is 1. The van der Waals surface area contributed by atoms with Crippen LogP contribution >= 0.6 is 0 Å². The molecule has 6 nitrogen and oxygen atoms in total. The van der Waals surface area contributed by atoms with Crippen LogP contribution in [0.2, 0.25) is 0 Å². The van der Waals surface area contributed by atoms with Gasteiger partial charge >= 0.3 is 6.09 Å². The Morgan fingerprint density at radius 3 is 2.28 bits per heavy atom. The van der Waals surface area contributed by atoms with Crippen molar-refractivity contribution in [2.24, 2.45) is 0 Å². The summed E-state index contributed by atoms with van der Waals surface area (Å²) in [6, 6.07) is 24.6. The van der Waals surface area contributed by atoms with E-state index in [1.165, 1.54) is 5.56 Å². The first-order valence-electron chi connectivity index (χ1n) is 12.3. The number of hydrogen-bond acceptors (Lipinski definition) is 4. The lowest BCUT2D eigenvalue weighted by atomic mass is 9.87. The average molecular weight is 487 g/mol. The fourth-order valence-corrected chi connectivity index (χ4v) is 4.73. The molecule has 0 saturated carbocycles. The molecule has 0 fully saturated rings. The predicted molar refractivity (Wildman–Crippen MR) is 140 cm³/mol. The van der Waals surface area contributed by atoms with Crippen molar-refractivity contribution in [2.75, 3.05) is 13.7 Å². The molecule has 2 amide bonds. The highest BCUT2D eigenvalue weighted by Gasteiger charge is 2.37. The molecule has 0 spiro atoms. The van der Waals surface area contributed by atoms with E-state index in [9.17, 15) is 9.59 Å². The number of para-hydroxylation sites is 1. The minimum atomic E-state index is -0.787. The summed E-state index contributed by atoms with van der Waals surface area (Å²) in [5.41, 5.74) is 3.47. The normalized spacial score (nSPS) is 16.0. The first-order valence-corrected chi connectivity index (χ1v) is 12.3. The molecular formula is C30H34N2O4. The Hall–Kier alpha value is -3.80. The maximum Gasteiger partial charge on any atom is 0.408 e. The largest absolute Gasteiger partial charge is 0.496 e. The Kier molecular flexibility index (Phi) is 7.63. The summed E-state index contributed by atoms with van der Waals surface area (Å²) in [5.74, 6) is 0.562. The lowest BCUT2D eigenvalue weighted by Crippen LogP contribution is -2.53. The number of carbonyl (C=O) groups excluding carboxylic acids is 2. The van der Waals surface area contributed by atoms with Crippen molar-refractivity contribution < 1.29 is 19.1 Å². The van der Waals surface area contributed by atoms with Gasteiger partial charge in [0.15, 0.2) is 0 Å². The summed E-state index contributed by atoms with van der Waals surface area (Å²) in [5, 5.41) is 2.86. The van der Waals surface area contributed by atoms with Crippen molar-refractivity contribution in [2.45, 2.75) is 51.3 Å². The van der Waals surface area contributed by atoms with Crippen molar-refractivity contribution >= 4 is 12.0 Å². The third-order valence-corrected chi connectivity index (χ3v) is 6.27. The van der Waals surface area contributed by atoms with Crippen LogP contribution in [0.4, 0.5) is 4.79 Å². The van der Waals surface area contributed by atoms with Gasteiger partial charge in [-0.2, -0.15) is 0 Å². The van der Waals surface area contributed by atoms with Crippen LogP contribution in [0.3, 0.4) is 0 Å². The van der Waals surface area contributed by atoms with Crippen LogP contribution in [-0.2, 0) is 22.4 Å². The number of fused-ring (bicyclic) bond motifs is 1. The maximum atomic E-state index is 14.2. The van der Waals surface area contributed by atoms with Crippen LogP contribution in [0.15, 0.2) is 78.9 Å². The van der Waals surface area contributed by atoms with Gasteiger partial charge in [0.25, 0.3) is 0 Å². The highest BCUT2D eigenvalue weighted by atomic mass is 16.6. The van der Waals surface area contributed by atoms with Crippen LogP contribution in [0.5, 0.6) is 5.75 Å². The van der Waals surface area contributed by atoms with E-state index in [4.69, 9.17) is 9.47 Å². The fraction of sp³-hybridized carbons (Fsp3) is 0.333. The van der Waals surface area contributed by atoms with Gasteiger partial charge in [0.05, 0.1) is 13.2 Å². The Balaban J connectivity index is 1.72. The quantitative estimate of drug-likeness (QED) is 0.513. The summed E-state index contributed by atoms with van der Waals surface area (Å²) in [6.45, 7) is 5.94. The molecule has 2 atom stereocenters. The first-order chi connectivity index (χ1) is 17.3. The fourth-order valence-electron chi connectivity index (χ4n) is 4.73. The maximum absolute atomic E-state index is 14.2. The number of methoxy groups -OCH3 is 1. The summed E-state index contributed by atoms with van der Waals surface area (Å²) < 4.78 is 11.2. The number of carbonyl (C=O) groups is 2. The molecule has 3 aromatic rings. The molecule has 1 N–H and O–H groups in total. The molecule has 0 aromatic heterocycles. The van der Waals surface area contributed by atoms with Crippen molar-refractivity contribution in [3.8, 4) is 5.75 Å². The van der Waals surface area contributed by atoms with Crippen molar-refractivity contribution in [1.82, 2.24) is 10.2 Å². The van der Waals surface area contributed by atoms with Gasteiger partial charge in [-0.05, 0) is 49.9 Å². The van der Waals surface area contributed by atoms with E-state index < -0.39 is 17.7 Å². The molecule has 6 heteroatoms. The van der Waals surface area contributed by atoms with Gasteiger partial charge in [-0.3, -0.25) is 4.79 Å². The second-order valence-electron chi connectivity index (χ2n) is 10.0. The van der Waals surface area contributed by atoms with Gasteiger partial charge in [0.2, 0.25) is 5.91 Å². The number of nitrogens with zero attached hydrogens (tertiary/aromatic N) is 1. The monoisotopic (exact) mass is 486 g/mol. The van der Waals surface area contributed by atoms with E-state index in [0.717, 1.165) is 28.9 Å². The van der Waals surface area contributed by atoms with Crippen molar-refractivity contribution in [3.05, 3.63) is 101 Å². The molecule has 1 heterocycles. The van der Waals surface area contributed by atoms with Crippen LogP contribution < -0.4 is 10.1 Å². The number of benzene rings is 3. The van der Waals surface area contributed by atoms with Gasteiger partial charge in [-0.1, -0.05) is 72.8 Å². The molecule has 0 aliphatic carbocycles. The molecule has 0 saturated heterocycles. The number of amides is 2. The van der Waals surface area contributed by atoms with Gasteiger partial charge in [-0.25, -0.2) is 4.79 Å². The van der Waals surface area contributed by atoms with E-state index in [1.807, 2.05) is 71.6 Å². The predicted octanol–water partition coefficient (Wildman–Crippen LogP) is 5.31. The first kappa shape index (κ1) is 25.3. The van der Waals surface area contributed by atoms with Gasteiger partial charge in [0, 0.05) is 18.5 Å². The lowest BCUT2D eigenvalue weighted by Gasteiger charge is -2.40. The Morgan fingerprint density at radius 1 is 0.944 bits per heavy atom. The summed E-state index contributed by atoms with van der Waals surface area (Å²) >= 11 is 0. The second kappa shape index (κ2) is 10.9.